The van der Waals surface area contributed by atoms with Gasteiger partial charge in [0.2, 0.25) is 5.91 Å². The number of nitrogens with zero attached hydrogens (tertiary/aromatic N) is 1. The van der Waals surface area contributed by atoms with Gasteiger partial charge in [0.25, 0.3) is 5.91 Å². The lowest BCUT2D eigenvalue weighted by atomic mass is 9.96. The molecule has 1 aliphatic rings. The van der Waals surface area contributed by atoms with Gasteiger partial charge in [0.05, 0.1) is 5.02 Å². The molecule has 0 spiro atoms. The Bertz CT molecular complexity index is 560. The summed E-state index contributed by atoms with van der Waals surface area (Å²) in [6, 6.07) is 4.64. The predicted octanol–water partition coefficient (Wildman–Crippen LogP) is 2.73. The molecular formula is C13H14BrClN2O2. The van der Waals surface area contributed by atoms with Crippen LogP contribution in [0, 0.1) is 0 Å². The fraction of sp³-hybridized carbons (Fsp3) is 0.385. The van der Waals surface area contributed by atoms with E-state index >= 15 is 0 Å². The lowest BCUT2D eigenvalue weighted by molar-refractivity contribution is -0.136. The van der Waals surface area contributed by atoms with Gasteiger partial charge in [-0.2, -0.15) is 0 Å². The molecule has 1 aliphatic heterocycles. The Hall–Kier alpha value is -1.07. The first kappa shape index (κ1) is 14.3. The van der Waals surface area contributed by atoms with Crippen LogP contribution in [-0.2, 0) is 9.59 Å². The maximum Gasteiger partial charge on any atom is 0.252 e. The van der Waals surface area contributed by atoms with Crippen LogP contribution in [0.25, 0.3) is 0 Å². The molecule has 1 atom stereocenters. The lowest BCUT2D eigenvalue weighted by Gasteiger charge is -2.41. The second kappa shape index (κ2) is 4.80. The molecule has 0 saturated carbocycles. The average Bonchev–Trinajstić information content (AvgIpc) is 2.31. The van der Waals surface area contributed by atoms with Crippen molar-refractivity contribution in [1.82, 2.24) is 5.32 Å². The molecule has 2 rings (SSSR count). The average molecular weight is 346 g/mol. The van der Waals surface area contributed by atoms with E-state index in [0.29, 0.717) is 10.7 Å². The van der Waals surface area contributed by atoms with Crippen LogP contribution >= 0.6 is 27.5 Å². The maximum atomic E-state index is 12.5. The van der Waals surface area contributed by atoms with E-state index in [1.54, 1.807) is 39.0 Å². The summed E-state index contributed by atoms with van der Waals surface area (Å²) < 4.78 is 0.749. The first-order valence-electron chi connectivity index (χ1n) is 5.85. The van der Waals surface area contributed by atoms with Crippen molar-refractivity contribution in [2.45, 2.75) is 32.4 Å². The van der Waals surface area contributed by atoms with Gasteiger partial charge >= 0.3 is 0 Å². The number of benzene rings is 1. The quantitative estimate of drug-likeness (QED) is 0.851. The molecule has 6 heteroatoms. The lowest BCUT2D eigenvalue weighted by Crippen LogP contribution is -2.67. The van der Waals surface area contributed by atoms with E-state index in [2.05, 4.69) is 21.2 Å². The molecule has 2 amide bonds. The summed E-state index contributed by atoms with van der Waals surface area (Å²) in [6.45, 7) is 5.07. The summed E-state index contributed by atoms with van der Waals surface area (Å²) in [5.74, 6) is -0.332. The van der Waals surface area contributed by atoms with Crippen LogP contribution in [0.1, 0.15) is 20.8 Å². The van der Waals surface area contributed by atoms with Crippen molar-refractivity contribution in [3.63, 3.8) is 0 Å². The van der Waals surface area contributed by atoms with Crippen molar-refractivity contribution in [2.24, 2.45) is 0 Å². The molecule has 1 N–H and O–H groups in total. The number of piperazine rings is 1. The molecule has 1 unspecified atom stereocenters. The highest BCUT2D eigenvalue weighted by Gasteiger charge is 2.44. The summed E-state index contributed by atoms with van der Waals surface area (Å²) in [4.78, 5) is 25.9. The van der Waals surface area contributed by atoms with E-state index in [1.165, 1.54) is 4.90 Å². The number of halogens is 2. The standard InChI is InChI=1S/C13H14BrClN2O2/c1-7-11(18)16-13(2,3)12(19)17(7)8-4-5-9(14)10(15)6-8/h4-7H,1-3H3,(H,16,18). The Kier molecular flexibility index (Phi) is 3.62. The van der Waals surface area contributed by atoms with Crippen molar-refractivity contribution in [1.29, 1.82) is 0 Å². The topological polar surface area (TPSA) is 49.4 Å². The molecule has 1 aromatic rings. The number of nitrogens with one attached hydrogen (secondary N) is 1. The van der Waals surface area contributed by atoms with Crippen LogP contribution in [-0.4, -0.2) is 23.4 Å². The summed E-state index contributed by atoms with van der Waals surface area (Å²) in [7, 11) is 0. The second-order valence-corrected chi connectivity index (χ2v) is 6.33. The zero-order valence-electron chi connectivity index (χ0n) is 10.8. The van der Waals surface area contributed by atoms with Crippen LogP contribution in [0.4, 0.5) is 5.69 Å². The Morgan fingerprint density at radius 3 is 2.58 bits per heavy atom. The molecule has 1 heterocycles. The van der Waals surface area contributed by atoms with Gasteiger partial charge in [-0.25, -0.2) is 0 Å². The van der Waals surface area contributed by atoms with Crippen LogP contribution in [0.3, 0.4) is 0 Å². The summed E-state index contributed by atoms with van der Waals surface area (Å²) >= 11 is 9.35. The SMILES string of the molecule is CC1C(=O)NC(C)(C)C(=O)N1c1ccc(Br)c(Cl)c1. The molecule has 4 nitrogen and oxygen atoms in total. The molecule has 1 saturated heterocycles. The van der Waals surface area contributed by atoms with Gasteiger partial charge in [-0.05, 0) is 54.9 Å². The predicted molar refractivity (Wildman–Crippen MR) is 78.3 cm³/mol. The van der Waals surface area contributed by atoms with Gasteiger partial charge < -0.3 is 5.32 Å². The van der Waals surface area contributed by atoms with Gasteiger partial charge in [-0.3, -0.25) is 14.5 Å². The third-order valence-corrected chi connectivity index (χ3v) is 4.37. The molecule has 0 aromatic heterocycles. The maximum absolute atomic E-state index is 12.5. The van der Waals surface area contributed by atoms with Crippen LogP contribution in [0.5, 0.6) is 0 Å². The zero-order valence-corrected chi connectivity index (χ0v) is 13.2. The molecule has 102 valence electrons. The summed E-state index contributed by atoms with van der Waals surface area (Å²) in [5, 5.41) is 3.21. The Morgan fingerprint density at radius 2 is 2.00 bits per heavy atom. The molecule has 19 heavy (non-hydrogen) atoms. The van der Waals surface area contributed by atoms with Crippen molar-refractivity contribution in [3.05, 3.63) is 27.7 Å². The molecule has 1 fully saturated rings. The third-order valence-electron chi connectivity index (χ3n) is 3.14. The van der Waals surface area contributed by atoms with E-state index < -0.39 is 11.6 Å². The number of anilines is 1. The fourth-order valence-corrected chi connectivity index (χ4v) is 2.46. The first-order valence-corrected chi connectivity index (χ1v) is 7.02. The van der Waals surface area contributed by atoms with Gasteiger partial charge in [0.15, 0.2) is 0 Å². The van der Waals surface area contributed by atoms with Gasteiger partial charge in [-0.1, -0.05) is 11.6 Å². The number of amides is 2. The van der Waals surface area contributed by atoms with Crippen LogP contribution in [0.15, 0.2) is 22.7 Å². The van der Waals surface area contributed by atoms with E-state index in [-0.39, 0.29) is 11.8 Å². The van der Waals surface area contributed by atoms with Crippen molar-refractivity contribution < 1.29 is 9.59 Å². The molecule has 1 aromatic carbocycles. The minimum absolute atomic E-state index is 0.155. The smallest absolute Gasteiger partial charge is 0.252 e. The molecule has 0 radical (unpaired) electrons. The Balaban J connectivity index is 2.48. The third kappa shape index (κ3) is 2.49. The number of carbonyl (C=O) groups excluding carboxylic acids is 2. The normalized spacial score (nSPS) is 22.4. The first-order chi connectivity index (χ1) is 8.74. The minimum Gasteiger partial charge on any atom is -0.340 e. The minimum atomic E-state index is -0.914. The summed E-state index contributed by atoms with van der Waals surface area (Å²) in [5.41, 5.74) is -0.294. The van der Waals surface area contributed by atoms with Crippen LogP contribution in [0.2, 0.25) is 5.02 Å². The molecule has 0 bridgehead atoms. The van der Waals surface area contributed by atoms with E-state index in [1.807, 2.05) is 0 Å². The van der Waals surface area contributed by atoms with Gasteiger partial charge in [0.1, 0.15) is 11.6 Å². The number of carbonyl (C=O) groups is 2. The van der Waals surface area contributed by atoms with E-state index in [0.717, 1.165) is 4.47 Å². The largest absolute Gasteiger partial charge is 0.340 e. The van der Waals surface area contributed by atoms with Crippen molar-refractivity contribution >= 4 is 45.0 Å². The Labute approximate surface area is 125 Å². The van der Waals surface area contributed by atoms with E-state index in [9.17, 15) is 9.59 Å². The molecular weight excluding hydrogens is 332 g/mol. The van der Waals surface area contributed by atoms with E-state index in [4.69, 9.17) is 11.6 Å². The summed E-state index contributed by atoms with van der Waals surface area (Å²) in [6.07, 6.45) is 0. The van der Waals surface area contributed by atoms with Crippen molar-refractivity contribution in [3.8, 4) is 0 Å². The monoisotopic (exact) mass is 344 g/mol. The van der Waals surface area contributed by atoms with Gasteiger partial charge in [-0.15, -0.1) is 0 Å². The van der Waals surface area contributed by atoms with Crippen molar-refractivity contribution in [2.75, 3.05) is 4.90 Å². The highest BCUT2D eigenvalue weighted by molar-refractivity contribution is 9.10. The zero-order chi connectivity index (χ0) is 14.4. The van der Waals surface area contributed by atoms with Gasteiger partial charge in [0, 0.05) is 10.2 Å². The fourth-order valence-electron chi connectivity index (χ4n) is 2.04. The number of rotatable bonds is 1. The highest BCUT2D eigenvalue weighted by atomic mass is 79.9. The number of hydrogen-bond acceptors (Lipinski definition) is 2. The highest BCUT2D eigenvalue weighted by Crippen LogP contribution is 2.31. The second-order valence-electron chi connectivity index (χ2n) is 5.06. The number of hydrogen-bond donors (Lipinski definition) is 1. The van der Waals surface area contributed by atoms with Crippen LogP contribution < -0.4 is 10.2 Å². The Morgan fingerprint density at radius 1 is 1.37 bits per heavy atom. The molecule has 0 aliphatic carbocycles.